The normalized spacial score (nSPS) is 25.9. The van der Waals surface area contributed by atoms with E-state index in [1.807, 2.05) is 42.2 Å². The standard InChI is InChI=1S/C14H19NO3/c1-10(11-6-4-3-5-7-11)15-9-12(8-13(15)16)14(17)18-2/h3-7,10,12-13,16H,8-9H2,1-2H3. The van der Waals surface area contributed by atoms with Crippen LogP contribution in [0.5, 0.6) is 0 Å². The smallest absolute Gasteiger partial charge is 0.310 e. The maximum atomic E-state index is 11.5. The van der Waals surface area contributed by atoms with Crippen molar-refractivity contribution in [3.8, 4) is 0 Å². The van der Waals surface area contributed by atoms with Crippen LogP contribution in [0.4, 0.5) is 0 Å². The van der Waals surface area contributed by atoms with Crippen LogP contribution in [0.3, 0.4) is 0 Å². The molecule has 0 amide bonds. The number of methoxy groups -OCH3 is 1. The Morgan fingerprint density at radius 2 is 2.11 bits per heavy atom. The molecule has 1 fully saturated rings. The van der Waals surface area contributed by atoms with Crippen LogP contribution < -0.4 is 0 Å². The molecule has 1 saturated heterocycles. The zero-order chi connectivity index (χ0) is 13.1. The van der Waals surface area contributed by atoms with Gasteiger partial charge in [-0.3, -0.25) is 9.69 Å². The van der Waals surface area contributed by atoms with Crippen molar-refractivity contribution < 1.29 is 14.6 Å². The molecule has 1 aliphatic rings. The second-order valence-corrected chi connectivity index (χ2v) is 4.72. The van der Waals surface area contributed by atoms with Gasteiger partial charge in [-0.2, -0.15) is 0 Å². The fourth-order valence-electron chi connectivity index (χ4n) is 2.52. The van der Waals surface area contributed by atoms with Crippen molar-refractivity contribution >= 4 is 5.97 Å². The second kappa shape index (κ2) is 5.50. The Bertz CT molecular complexity index is 407. The highest BCUT2D eigenvalue weighted by atomic mass is 16.5. The van der Waals surface area contributed by atoms with Gasteiger partial charge >= 0.3 is 5.97 Å². The van der Waals surface area contributed by atoms with E-state index in [9.17, 15) is 9.90 Å². The van der Waals surface area contributed by atoms with Gasteiger partial charge < -0.3 is 9.84 Å². The molecule has 1 aromatic carbocycles. The first-order valence-corrected chi connectivity index (χ1v) is 6.20. The minimum Gasteiger partial charge on any atom is -0.469 e. The molecule has 0 radical (unpaired) electrons. The van der Waals surface area contributed by atoms with Gasteiger partial charge in [0.2, 0.25) is 0 Å². The van der Waals surface area contributed by atoms with Crippen molar-refractivity contribution in [1.82, 2.24) is 4.90 Å². The lowest BCUT2D eigenvalue weighted by Gasteiger charge is -2.27. The summed E-state index contributed by atoms with van der Waals surface area (Å²) >= 11 is 0. The molecular formula is C14H19NO3. The molecule has 1 aliphatic heterocycles. The molecule has 2 rings (SSSR count). The molecule has 4 nitrogen and oxygen atoms in total. The predicted molar refractivity (Wildman–Crippen MR) is 67.7 cm³/mol. The molecule has 98 valence electrons. The predicted octanol–water partition coefficient (Wildman–Crippen LogP) is 1.56. The van der Waals surface area contributed by atoms with Crippen LogP contribution in [0.15, 0.2) is 30.3 Å². The quantitative estimate of drug-likeness (QED) is 0.826. The highest BCUT2D eigenvalue weighted by molar-refractivity contribution is 5.73. The highest BCUT2D eigenvalue weighted by Gasteiger charge is 2.38. The average molecular weight is 249 g/mol. The summed E-state index contributed by atoms with van der Waals surface area (Å²) in [6.45, 7) is 2.59. The third kappa shape index (κ3) is 2.54. The molecule has 0 spiro atoms. The van der Waals surface area contributed by atoms with E-state index in [1.54, 1.807) is 0 Å². The summed E-state index contributed by atoms with van der Waals surface area (Å²) < 4.78 is 4.74. The summed E-state index contributed by atoms with van der Waals surface area (Å²) in [5.74, 6) is -0.465. The number of ether oxygens (including phenoxy) is 1. The van der Waals surface area contributed by atoms with Gasteiger partial charge in [-0.1, -0.05) is 30.3 Å². The molecule has 3 unspecified atom stereocenters. The maximum absolute atomic E-state index is 11.5. The average Bonchev–Trinajstić information content (AvgIpc) is 2.80. The van der Waals surface area contributed by atoms with Gasteiger partial charge in [-0.15, -0.1) is 0 Å². The third-order valence-corrected chi connectivity index (χ3v) is 3.62. The van der Waals surface area contributed by atoms with Crippen molar-refractivity contribution in [2.24, 2.45) is 5.92 Å². The summed E-state index contributed by atoms with van der Waals surface area (Å²) in [4.78, 5) is 13.4. The lowest BCUT2D eigenvalue weighted by atomic mass is 10.1. The van der Waals surface area contributed by atoms with Gasteiger partial charge in [0.1, 0.15) is 6.23 Å². The van der Waals surface area contributed by atoms with E-state index < -0.39 is 6.23 Å². The molecule has 3 atom stereocenters. The first kappa shape index (κ1) is 13.1. The maximum Gasteiger partial charge on any atom is 0.310 e. The van der Waals surface area contributed by atoms with Crippen molar-refractivity contribution in [3.05, 3.63) is 35.9 Å². The van der Waals surface area contributed by atoms with Crippen molar-refractivity contribution in [2.75, 3.05) is 13.7 Å². The van der Waals surface area contributed by atoms with Gasteiger partial charge in [0.15, 0.2) is 0 Å². The molecule has 1 N–H and O–H groups in total. The lowest BCUT2D eigenvalue weighted by molar-refractivity contribution is -0.145. The van der Waals surface area contributed by atoms with Crippen molar-refractivity contribution in [3.63, 3.8) is 0 Å². The van der Waals surface area contributed by atoms with Crippen LogP contribution in [0.2, 0.25) is 0 Å². The zero-order valence-electron chi connectivity index (χ0n) is 10.7. The summed E-state index contributed by atoms with van der Waals surface area (Å²) in [6.07, 6.45) is -0.131. The minimum atomic E-state index is -0.579. The Balaban J connectivity index is 2.08. The van der Waals surface area contributed by atoms with Crippen LogP contribution in [-0.2, 0) is 9.53 Å². The van der Waals surface area contributed by atoms with Crippen LogP contribution >= 0.6 is 0 Å². The van der Waals surface area contributed by atoms with Gasteiger partial charge in [0.25, 0.3) is 0 Å². The van der Waals surface area contributed by atoms with E-state index in [4.69, 9.17) is 4.74 Å². The van der Waals surface area contributed by atoms with E-state index >= 15 is 0 Å². The first-order valence-electron chi connectivity index (χ1n) is 6.20. The van der Waals surface area contributed by atoms with E-state index in [1.165, 1.54) is 7.11 Å². The monoisotopic (exact) mass is 249 g/mol. The Hall–Kier alpha value is -1.39. The zero-order valence-corrected chi connectivity index (χ0v) is 10.7. The molecule has 0 aromatic heterocycles. The number of hydrogen-bond donors (Lipinski definition) is 1. The Kier molecular flexibility index (Phi) is 3.99. The largest absolute Gasteiger partial charge is 0.469 e. The summed E-state index contributed by atoms with van der Waals surface area (Å²) in [6, 6.07) is 10.1. The molecule has 0 bridgehead atoms. The van der Waals surface area contributed by atoms with Crippen molar-refractivity contribution in [1.29, 1.82) is 0 Å². The van der Waals surface area contributed by atoms with Crippen LogP contribution in [-0.4, -0.2) is 35.9 Å². The number of likely N-dealkylation sites (tertiary alicyclic amines) is 1. The number of aliphatic hydroxyl groups excluding tert-OH is 1. The fourth-order valence-corrected chi connectivity index (χ4v) is 2.52. The van der Waals surface area contributed by atoms with E-state index in [-0.39, 0.29) is 17.9 Å². The number of aliphatic hydroxyl groups is 1. The molecule has 18 heavy (non-hydrogen) atoms. The topological polar surface area (TPSA) is 49.8 Å². The minimum absolute atomic E-state index is 0.0934. The number of rotatable bonds is 3. The SMILES string of the molecule is COC(=O)C1CC(O)N(C(C)c2ccccc2)C1. The first-order chi connectivity index (χ1) is 8.63. The van der Waals surface area contributed by atoms with Crippen LogP contribution in [0.1, 0.15) is 24.9 Å². The summed E-state index contributed by atoms with van der Waals surface area (Å²) in [5, 5.41) is 10.1. The molecule has 0 saturated carbocycles. The third-order valence-electron chi connectivity index (χ3n) is 3.62. The number of nitrogens with zero attached hydrogens (tertiary/aromatic N) is 1. The Labute approximate surface area is 107 Å². The molecule has 1 aromatic rings. The van der Waals surface area contributed by atoms with Gasteiger partial charge in [-0.05, 0) is 12.5 Å². The van der Waals surface area contributed by atoms with Gasteiger partial charge in [0, 0.05) is 19.0 Å². The van der Waals surface area contributed by atoms with E-state index in [0.29, 0.717) is 13.0 Å². The van der Waals surface area contributed by atoms with Gasteiger partial charge in [0.05, 0.1) is 13.0 Å². The summed E-state index contributed by atoms with van der Waals surface area (Å²) in [5.41, 5.74) is 1.14. The van der Waals surface area contributed by atoms with Gasteiger partial charge in [-0.25, -0.2) is 0 Å². The number of esters is 1. The molecule has 4 heteroatoms. The Morgan fingerprint density at radius 1 is 1.44 bits per heavy atom. The second-order valence-electron chi connectivity index (χ2n) is 4.72. The number of benzene rings is 1. The van der Waals surface area contributed by atoms with Crippen molar-refractivity contribution in [2.45, 2.75) is 25.6 Å². The molecular weight excluding hydrogens is 230 g/mol. The lowest BCUT2D eigenvalue weighted by Crippen LogP contribution is -2.32. The van der Waals surface area contributed by atoms with Crippen LogP contribution in [0, 0.1) is 5.92 Å². The number of carbonyl (C=O) groups excluding carboxylic acids is 1. The highest BCUT2D eigenvalue weighted by Crippen LogP contribution is 2.31. The van der Waals surface area contributed by atoms with E-state index in [0.717, 1.165) is 5.56 Å². The van der Waals surface area contributed by atoms with Crippen LogP contribution in [0.25, 0.3) is 0 Å². The number of hydrogen-bond acceptors (Lipinski definition) is 4. The van der Waals surface area contributed by atoms with E-state index in [2.05, 4.69) is 0 Å². The number of carbonyl (C=O) groups is 1. The molecule has 1 heterocycles. The Morgan fingerprint density at radius 3 is 2.72 bits per heavy atom. The molecule has 0 aliphatic carbocycles. The fraction of sp³-hybridized carbons (Fsp3) is 0.500. The summed E-state index contributed by atoms with van der Waals surface area (Å²) in [7, 11) is 1.39.